The third-order valence-electron chi connectivity index (χ3n) is 3.99. The van der Waals surface area contributed by atoms with Crippen molar-refractivity contribution in [2.45, 2.75) is 20.3 Å². The monoisotopic (exact) mass is 328 g/mol. The number of aryl methyl sites for hydroxylation is 2. The van der Waals surface area contributed by atoms with Crippen LogP contribution in [0.3, 0.4) is 0 Å². The number of nitrogens with zero attached hydrogens (tertiary/aromatic N) is 4. The maximum absolute atomic E-state index is 5.08. The molecule has 0 spiro atoms. The predicted molar refractivity (Wildman–Crippen MR) is 96.1 cm³/mol. The minimum absolute atomic E-state index is 0.574. The molecular weight excluding hydrogens is 304 g/mol. The number of ether oxygens (including phenoxy) is 1. The van der Waals surface area contributed by atoms with E-state index in [1.54, 1.807) is 7.11 Å². The van der Waals surface area contributed by atoms with E-state index in [0.29, 0.717) is 18.6 Å². The van der Waals surface area contributed by atoms with E-state index >= 15 is 0 Å². The number of hydrogen-bond acceptors (Lipinski definition) is 7. The van der Waals surface area contributed by atoms with Crippen molar-refractivity contribution in [1.82, 2.24) is 20.2 Å². The third kappa shape index (κ3) is 3.98. The van der Waals surface area contributed by atoms with Crippen molar-refractivity contribution >= 4 is 22.8 Å². The first-order chi connectivity index (χ1) is 11.7. The minimum Gasteiger partial charge on any atom is -0.385 e. The van der Waals surface area contributed by atoms with Crippen LogP contribution in [0, 0.1) is 13.8 Å². The summed E-state index contributed by atoms with van der Waals surface area (Å²) in [6.07, 6.45) is 1.00. The summed E-state index contributed by atoms with van der Waals surface area (Å²) < 4.78 is 5.08. The quantitative estimate of drug-likeness (QED) is 0.816. The molecule has 2 N–H and O–H groups in total. The molecule has 0 radical (unpaired) electrons. The topological polar surface area (TPSA) is 74.7 Å². The molecule has 0 aliphatic carbocycles. The first-order valence-corrected chi connectivity index (χ1v) is 8.17. The first kappa shape index (κ1) is 16.6. The summed E-state index contributed by atoms with van der Waals surface area (Å²) in [5.74, 6) is 1.29. The number of aromatic nitrogens is 2. The molecular formula is C17H24N6O. The number of benzene rings is 1. The van der Waals surface area contributed by atoms with Crippen LogP contribution in [0.2, 0.25) is 0 Å². The van der Waals surface area contributed by atoms with Crippen LogP contribution in [0.15, 0.2) is 23.2 Å². The summed E-state index contributed by atoms with van der Waals surface area (Å²) in [4.78, 5) is 15.9. The van der Waals surface area contributed by atoms with Crippen molar-refractivity contribution in [1.29, 1.82) is 0 Å². The molecule has 2 aromatic rings. The smallest absolute Gasteiger partial charge is 0.230 e. The number of nitrogens with one attached hydrogen (secondary N) is 2. The van der Waals surface area contributed by atoms with Crippen LogP contribution in [-0.4, -0.2) is 54.4 Å². The Bertz CT molecular complexity index is 745. The van der Waals surface area contributed by atoms with E-state index in [1.165, 1.54) is 5.56 Å². The Balaban J connectivity index is 1.67. The van der Waals surface area contributed by atoms with Crippen LogP contribution < -0.4 is 10.6 Å². The second-order valence-electron chi connectivity index (χ2n) is 6.00. The van der Waals surface area contributed by atoms with Gasteiger partial charge in [0.15, 0.2) is 0 Å². The van der Waals surface area contributed by atoms with Gasteiger partial charge in [0.05, 0.1) is 24.5 Å². The summed E-state index contributed by atoms with van der Waals surface area (Å²) >= 11 is 0. The Labute approximate surface area is 142 Å². The van der Waals surface area contributed by atoms with Crippen LogP contribution in [-0.2, 0) is 4.74 Å². The van der Waals surface area contributed by atoms with Gasteiger partial charge in [-0.05, 0) is 31.9 Å². The van der Waals surface area contributed by atoms with Gasteiger partial charge >= 0.3 is 0 Å². The molecule has 2 heterocycles. The third-order valence-corrected chi connectivity index (χ3v) is 3.99. The molecule has 0 bridgehead atoms. The highest BCUT2D eigenvalue weighted by molar-refractivity contribution is 5.93. The molecule has 7 heteroatoms. The van der Waals surface area contributed by atoms with Gasteiger partial charge in [0.25, 0.3) is 0 Å². The predicted octanol–water partition coefficient (Wildman–Crippen LogP) is 1.87. The van der Waals surface area contributed by atoms with Crippen molar-refractivity contribution in [2.75, 3.05) is 38.9 Å². The van der Waals surface area contributed by atoms with E-state index in [4.69, 9.17) is 4.74 Å². The van der Waals surface area contributed by atoms with Crippen molar-refractivity contribution in [3.63, 3.8) is 0 Å². The molecule has 0 amide bonds. The maximum atomic E-state index is 5.08. The number of rotatable bonds is 5. The van der Waals surface area contributed by atoms with Crippen LogP contribution >= 0.6 is 0 Å². The Hall–Kier alpha value is -2.25. The van der Waals surface area contributed by atoms with E-state index in [0.717, 1.165) is 42.8 Å². The first-order valence-electron chi connectivity index (χ1n) is 8.17. The molecule has 128 valence electrons. The van der Waals surface area contributed by atoms with Crippen molar-refractivity contribution in [2.24, 2.45) is 4.99 Å². The zero-order chi connectivity index (χ0) is 16.9. The molecule has 3 rings (SSSR count). The van der Waals surface area contributed by atoms with Gasteiger partial charge in [0.1, 0.15) is 0 Å². The summed E-state index contributed by atoms with van der Waals surface area (Å²) in [5, 5.41) is 7.53. The molecule has 1 aliphatic heterocycles. The van der Waals surface area contributed by atoms with E-state index in [1.807, 2.05) is 6.92 Å². The molecule has 0 unspecified atom stereocenters. The number of fused-ring (bicyclic) bond motifs is 1. The van der Waals surface area contributed by atoms with Crippen molar-refractivity contribution in [3.05, 3.63) is 29.5 Å². The number of methoxy groups -OCH3 is 1. The number of anilines is 1. The molecule has 0 atom stereocenters. The van der Waals surface area contributed by atoms with Gasteiger partial charge in [-0.15, -0.1) is 0 Å². The fraction of sp³-hybridized carbons (Fsp3) is 0.471. The molecule has 7 nitrogen and oxygen atoms in total. The van der Waals surface area contributed by atoms with Gasteiger partial charge in [-0.1, -0.05) is 12.1 Å². The Morgan fingerprint density at radius 2 is 2.17 bits per heavy atom. The largest absolute Gasteiger partial charge is 0.385 e. The highest BCUT2D eigenvalue weighted by atomic mass is 16.5. The normalized spacial score (nSPS) is 15.2. The molecule has 0 fully saturated rings. The highest BCUT2D eigenvalue weighted by Crippen LogP contribution is 2.18. The fourth-order valence-corrected chi connectivity index (χ4v) is 2.69. The summed E-state index contributed by atoms with van der Waals surface area (Å²) in [6.45, 7) is 7.20. The molecule has 1 aliphatic rings. The Morgan fingerprint density at radius 3 is 2.92 bits per heavy atom. The highest BCUT2D eigenvalue weighted by Gasteiger charge is 2.13. The molecule has 0 saturated carbocycles. The molecule has 1 aromatic carbocycles. The van der Waals surface area contributed by atoms with E-state index < -0.39 is 0 Å². The average molecular weight is 328 g/mol. The van der Waals surface area contributed by atoms with Crippen molar-refractivity contribution < 1.29 is 4.74 Å². The van der Waals surface area contributed by atoms with Gasteiger partial charge < -0.3 is 10.1 Å². The van der Waals surface area contributed by atoms with Gasteiger partial charge in [0.2, 0.25) is 11.9 Å². The number of aliphatic imine (C=N–C) groups is 1. The van der Waals surface area contributed by atoms with Crippen LogP contribution in [0.4, 0.5) is 5.95 Å². The summed E-state index contributed by atoms with van der Waals surface area (Å²) in [7, 11) is 1.72. The van der Waals surface area contributed by atoms with Gasteiger partial charge in [-0.25, -0.2) is 15.0 Å². The van der Waals surface area contributed by atoms with Crippen LogP contribution in [0.5, 0.6) is 0 Å². The lowest BCUT2D eigenvalue weighted by atomic mass is 10.1. The Kier molecular flexibility index (Phi) is 5.22. The Morgan fingerprint density at radius 1 is 1.29 bits per heavy atom. The second-order valence-corrected chi connectivity index (χ2v) is 6.00. The van der Waals surface area contributed by atoms with Gasteiger partial charge in [-0.2, -0.15) is 0 Å². The lowest BCUT2D eigenvalue weighted by Crippen LogP contribution is -2.46. The lowest BCUT2D eigenvalue weighted by Gasteiger charge is -2.26. The van der Waals surface area contributed by atoms with E-state index in [9.17, 15) is 0 Å². The zero-order valence-corrected chi connectivity index (χ0v) is 14.5. The lowest BCUT2D eigenvalue weighted by molar-refractivity contribution is 0.170. The van der Waals surface area contributed by atoms with Crippen molar-refractivity contribution in [3.8, 4) is 0 Å². The standard InChI is InChI=1S/C17H24N6O/c1-12-5-6-14-13(2)20-17(21-15(14)9-12)22-16-18-10-23(11-19-16)7-4-8-24-3/h5-6,9H,4,7-8,10-11H2,1-3H3,(H2,18,19,20,21,22). The minimum atomic E-state index is 0.574. The van der Waals surface area contributed by atoms with Crippen LogP contribution in [0.25, 0.3) is 10.9 Å². The SMILES string of the molecule is COCCCN1CN=C(Nc2nc(C)c3ccc(C)cc3n2)NC1. The summed E-state index contributed by atoms with van der Waals surface area (Å²) in [6, 6.07) is 6.22. The maximum Gasteiger partial charge on any atom is 0.230 e. The molecule has 0 saturated heterocycles. The number of hydrogen-bond donors (Lipinski definition) is 2. The molecule has 1 aromatic heterocycles. The summed E-state index contributed by atoms with van der Waals surface area (Å²) in [5.41, 5.74) is 3.09. The van der Waals surface area contributed by atoms with E-state index in [-0.39, 0.29) is 0 Å². The van der Waals surface area contributed by atoms with E-state index in [2.05, 4.69) is 55.6 Å². The van der Waals surface area contributed by atoms with Gasteiger partial charge in [-0.3, -0.25) is 10.2 Å². The van der Waals surface area contributed by atoms with Gasteiger partial charge in [0, 0.05) is 25.6 Å². The zero-order valence-electron chi connectivity index (χ0n) is 14.5. The second kappa shape index (κ2) is 7.55. The molecule has 24 heavy (non-hydrogen) atoms. The fourth-order valence-electron chi connectivity index (χ4n) is 2.69. The van der Waals surface area contributed by atoms with Crippen LogP contribution in [0.1, 0.15) is 17.7 Å². The number of guanidine groups is 1. The average Bonchev–Trinajstić information content (AvgIpc) is 2.56.